The van der Waals surface area contributed by atoms with Crippen molar-refractivity contribution >= 4 is 5.97 Å². The summed E-state index contributed by atoms with van der Waals surface area (Å²) in [6.45, 7) is 4.11. The Morgan fingerprint density at radius 3 is 2.88 bits per heavy atom. The average Bonchev–Trinajstić information content (AvgIpc) is 2.65. The van der Waals surface area contributed by atoms with Gasteiger partial charge in [-0.2, -0.15) is 0 Å². The normalized spacial score (nSPS) is 10.7. The number of carboxylic acid groups (broad SMARTS) is 1. The van der Waals surface area contributed by atoms with E-state index in [4.69, 9.17) is 14.6 Å². The molecule has 17 heavy (non-hydrogen) atoms. The van der Waals surface area contributed by atoms with E-state index < -0.39 is 5.97 Å². The molecule has 0 aromatic carbocycles. The lowest BCUT2D eigenvalue weighted by Gasteiger charge is -2.08. The smallest absolute Gasteiger partial charge is 0.354 e. The highest BCUT2D eigenvalue weighted by molar-refractivity contribution is 5.85. The zero-order chi connectivity index (χ0) is 12.7. The molecule has 0 aliphatic rings. The van der Waals surface area contributed by atoms with Crippen LogP contribution in [0.3, 0.4) is 0 Å². The number of hydrogen-bond donors (Lipinski definition) is 1. The van der Waals surface area contributed by atoms with Gasteiger partial charge < -0.3 is 19.1 Å². The van der Waals surface area contributed by atoms with Crippen molar-refractivity contribution < 1.29 is 19.4 Å². The van der Waals surface area contributed by atoms with Gasteiger partial charge in [-0.15, -0.1) is 0 Å². The summed E-state index contributed by atoms with van der Waals surface area (Å²) in [6.07, 6.45) is 2.13. The molecule has 0 atom stereocenters. The Morgan fingerprint density at radius 1 is 1.47 bits per heavy atom. The van der Waals surface area contributed by atoms with Crippen LogP contribution in [0, 0.1) is 6.92 Å². The van der Waals surface area contributed by atoms with Crippen LogP contribution >= 0.6 is 0 Å². The molecule has 6 nitrogen and oxygen atoms in total. The molecule has 1 heterocycles. The fourth-order valence-electron chi connectivity index (χ4n) is 1.49. The molecule has 1 aromatic rings. The van der Waals surface area contributed by atoms with Crippen LogP contribution in [0.5, 0.6) is 0 Å². The zero-order valence-electron chi connectivity index (χ0n) is 10.2. The second-order valence-corrected chi connectivity index (χ2v) is 3.61. The van der Waals surface area contributed by atoms with E-state index in [2.05, 4.69) is 4.98 Å². The molecule has 1 N–H and O–H groups in total. The lowest BCUT2D eigenvalue weighted by Crippen LogP contribution is -2.12. The van der Waals surface area contributed by atoms with E-state index in [1.807, 2.05) is 0 Å². The maximum absolute atomic E-state index is 10.9. The number of imidazole rings is 1. The van der Waals surface area contributed by atoms with Crippen LogP contribution in [0.2, 0.25) is 0 Å². The van der Waals surface area contributed by atoms with Crippen LogP contribution in [-0.2, 0) is 16.0 Å². The van der Waals surface area contributed by atoms with Gasteiger partial charge in [0.1, 0.15) is 11.5 Å². The van der Waals surface area contributed by atoms with Crippen LogP contribution in [-0.4, -0.2) is 47.6 Å². The highest BCUT2D eigenvalue weighted by atomic mass is 16.5. The van der Waals surface area contributed by atoms with E-state index in [1.165, 1.54) is 6.20 Å². The Balaban J connectivity index is 2.36. The number of aryl methyl sites for hydroxylation is 1. The molecule has 0 fully saturated rings. The van der Waals surface area contributed by atoms with E-state index in [0.29, 0.717) is 32.2 Å². The van der Waals surface area contributed by atoms with Crippen LogP contribution in [0.25, 0.3) is 0 Å². The number of aromatic carboxylic acids is 1. The summed E-state index contributed by atoms with van der Waals surface area (Å²) in [4.78, 5) is 14.9. The third kappa shape index (κ3) is 4.16. The fraction of sp³-hybridized carbons (Fsp3) is 0.636. The van der Waals surface area contributed by atoms with Crippen molar-refractivity contribution in [1.82, 2.24) is 9.55 Å². The monoisotopic (exact) mass is 242 g/mol. The molecule has 0 unspecified atom stereocenters. The minimum Gasteiger partial charge on any atom is -0.477 e. The van der Waals surface area contributed by atoms with E-state index in [1.54, 1.807) is 18.6 Å². The number of carbonyl (C=O) groups is 1. The SMILES string of the molecule is COCCOCCCn1c(C(=O)O)cnc1C. The van der Waals surface area contributed by atoms with Gasteiger partial charge in [-0.3, -0.25) is 0 Å². The van der Waals surface area contributed by atoms with E-state index in [-0.39, 0.29) is 5.69 Å². The van der Waals surface area contributed by atoms with Crippen molar-refractivity contribution in [2.24, 2.45) is 0 Å². The number of aromatic nitrogens is 2. The first-order chi connectivity index (χ1) is 8.16. The van der Waals surface area contributed by atoms with Crippen molar-refractivity contribution in [2.45, 2.75) is 19.9 Å². The van der Waals surface area contributed by atoms with Gasteiger partial charge in [0, 0.05) is 20.3 Å². The standard InChI is InChI=1S/C11H18N2O4/c1-9-12-8-10(11(14)15)13(9)4-3-5-17-7-6-16-2/h8H,3-7H2,1-2H3,(H,14,15). The lowest BCUT2D eigenvalue weighted by atomic mass is 10.4. The maximum atomic E-state index is 10.9. The first-order valence-corrected chi connectivity index (χ1v) is 5.49. The van der Waals surface area contributed by atoms with Crippen LogP contribution in [0.1, 0.15) is 22.7 Å². The molecule has 0 saturated carbocycles. The van der Waals surface area contributed by atoms with Crippen molar-refractivity contribution in [3.8, 4) is 0 Å². The molecule has 1 aromatic heterocycles. The second kappa shape index (κ2) is 7.03. The van der Waals surface area contributed by atoms with Gasteiger partial charge in [0.2, 0.25) is 0 Å². The van der Waals surface area contributed by atoms with Gasteiger partial charge in [0.05, 0.1) is 19.4 Å². The van der Waals surface area contributed by atoms with Gasteiger partial charge >= 0.3 is 5.97 Å². The van der Waals surface area contributed by atoms with Crippen LogP contribution < -0.4 is 0 Å². The predicted molar refractivity (Wildman–Crippen MR) is 61.2 cm³/mol. The minimum absolute atomic E-state index is 0.222. The Hall–Kier alpha value is -1.40. The summed E-state index contributed by atoms with van der Waals surface area (Å²) in [5.74, 6) is -0.245. The van der Waals surface area contributed by atoms with Gasteiger partial charge in [-0.05, 0) is 13.3 Å². The number of hydrogen-bond acceptors (Lipinski definition) is 4. The Labute approximate surface area is 100 Å². The summed E-state index contributed by atoms with van der Waals surface area (Å²) in [7, 11) is 1.62. The number of methoxy groups -OCH3 is 1. The van der Waals surface area contributed by atoms with Crippen LogP contribution in [0.4, 0.5) is 0 Å². The van der Waals surface area contributed by atoms with Gasteiger partial charge in [0.25, 0.3) is 0 Å². The highest BCUT2D eigenvalue weighted by Gasteiger charge is 2.12. The lowest BCUT2D eigenvalue weighted by molar-refractivity contribution is 0.0656. The molecule has 0 amide bonds. The molecule has 0 aliphatic carbocycles. The first kappa shape index (κ1) is 13.7. The molecule has 0 radical (unpaired) electrons. The molecule has 96 valence electrons. The van der Waals surface area contributed by atoms with Gasteiger partial charge in [-0.1, -0.05) is 0 Å². The quantitative estimate of drug-likeness (QED) is 0.687. The molecule has 0 saturated heterocycles. The maximum Gasteiger partial charge on any atom is 0.354 e. The van der Waals surface area contributed by atoms with Crippen molar-refractivity contribution in [1.29, 1.82) is 0 Å². The molecule has 0 aliphatic heterocycles. The largest absolute Gasteiger partial charge is 0.477 e. The number of carboxylic acids is 1. The number of ether oxygens (including phenoxy) is 2. The second-order valence-electron chi connectivity index (χ2n) is 3.61. The predicted octanol–water partition coefficient (Wildman–Crippen LogP) is 0.943. The van der Waals surface area contributed by atoms with Crippen LogP contribution in [0.15, 0.2) is 6.20 Å². The molecule has 1 rings (SSSR count). The summed E-state index contributed by atoms with van der Waals surface area (Å²) in [5.41, 5.74) is 0.222. The molecular formula is C11H18N2O4. The Kier molecular flexibility index (Phi) is 5.65. The molecule has 0 spiro atoms. The molecular weight excluding hydrogens is 224 g/mol. The summed E-state index contributed by atoms with van der Waals surface area (Å²) in [5, 5.41) is 8.94. The van der Waals surface area contributed by atoms with Crippen molar-refractivity contribution in [2.75, 3.05) is 26.9 Å². The molecule has 0 bridgehead atoms. The summed E-state index contributed by atoms with van der Waals surface area (Å²) < 4.78 is 11.8. The Morgan fingerprint density at radius 2 is 2.24 bits per heavy atom. The topological polar surface area (TPSA) is 73.6 Å². The van der Waals surface area contributed by atoms with Gasteiger partial charge in [-0.25, -0.2) is 9.78 Å². The minimum atomic E-state index is -0.953. The third-order valence-corrected chi connectivity index (χ3v) is 2.38. The van der Waals surface area contributed by atoms with Crippen molar-refractivity contribution in [3.05, 3.63) is 17.7 Å². The zero-order valence-corrected chi connectivity index (χ0v) is 10.2. The summed E-state index contributed by atoms with van der Waals surface area (Å²) >= 11 is 0. The first-order valence-electron chi connectivity index (χ1n) is 5.49. The summed E-state index contributed by atoms with van der Waals surface area (Å²) in [6, 6.07) is 0. The number of rotatable bonds is 8. The Bertz CT molecular complexity index is 362. The van der Waals surface area contributed by atoms with E-state index in [0.717, 1.165) is 6.42 Å². The third-order valence-electron chi connectivity index (χ3n) is 2.38. The fourth-order valence-corrected chi connectivity index (χ4v) is 1.49. The molecule has 6 heteroatoms. The highest BCUT2D eigenvalue weighted by Crippen LogP contribution is 2.06. The van der Waals surface area contributed by atoms with Crippen molar-refractivity contribution in [3.63, 3.8) is 0 Å². The van der Waals surface area contributed by atoms with E-state index in [9.17, 15) is 4.79 Å². The number of nitrogens with zero attached hydrogens (tertiary/aromatic N) is 2. The van der Waals surface area contributed by atoms with E-state index >= 15 is 0 Å². The average molecular weight is 242 g/mol. The van der Waals surface area contributed by atoms with Gasteiger partial charge in [0.15, 0.2) is 0 Å².